The van der Waals surface area contributed by atoms with Crippen LogP contribution in [-0.4, -0.2) is 17.9 Å². The van der Waals surface area contributed by atoms with E-state index in [1.54, 1.807) is 29.7 Å². The van der Waals surface area contributed by atoms with Gasteiger partial charge in [0.25, 0.3) is 0 Å². The molecule has 3 rings (SSSR count). The lowest BCUT2D eigenvalue weighted by molar-refractivity contribution is -0.117. The summed E-state index contributed by atoms with van der Waals surface area (Å²) >= 11 is 6.23. The monoisotopic (exact) mass is 356 g/mol. The second-order valence-corrected chi connectivity index (χ2v) is 6.85. The summed E-state index contributed by atoms with van der Waals surface area (Å²) in [6, 6.07) is 14.9. The molecular weight excluding hydrogens is 336 g/mol. The molecule has 2 aromatic rings. The van der Waals surface area contributed by atoms with E-state index >= 15 is 0 Å². The third-order valence-corrected chi connectivity index (χ3v) is 4.87. The van der Waals surface area contributed by atoms with E-state index in [0.717, 1.165) is 16.9 Å². The van der Waals surface area contributed by atoms with E-state index in [2.05, 4.69) is 0 Å². The van der Waals surface area contributed by atoms with E-state index in [1.165, 1.54) is 0 Å². The van der Waals surface area contributed by atoms with E-state index in [1.807, 2.05) is 49.4 Å². The van der Waals surface area contributed by atoms with Crippen molar-refractivity contribution in [2.75, 3.05) is 9.80 Å². The molecule has 0 saturated heterocycles. The first-order chi connectivity index (χ1) is 11.9. The summed E-state index contributed by atoms with van der Waals surface area (Å²) in [5.74, 6) is -0.0470. The molecular formula is C20H21ClN2O2. The van der Waals surface area contributed by atoms with Gasteiger partial charge in [-0.15, -0.1) is 0 Å². The van der Waals surface area contributed by atoms with Crippen LogP contribution in [0.3, 0.4) is 0 Å². The normalized spacial score (nSPS) is 19.3. The molecule has 0 spiro atoms. The zero-order valence-electron chi connectivity index (χ0n) is 14.6. The second-order valence-electron chi connectivity index (χ2n) is 6.42. The molecule has 0 aromatic heterocycles. The average molecular weight is 357 g/mol. The van der Waals surface area contributed by atoms with E-state index in [0.29, 0.717) is 11.4 Å². The van der Waals surface area contributed by atoms with E-state index in [-0.39, 0.29) is 23.9 Å². The largest absolute Gasteiger partial charge is 0.309 e. The number of carbonyl (C=O) groups excluding carboxylic acids is 2. The molecule has 0 unspecified atom stereocenters. The van der Waals surface area contributed by atoms with Crippen molar-refractivity contribution in [3.05, 3.63) is 59.1 Å². The minimum absolute atomic E-state index is 0.0105. The van der Waals surface area contributed by atoms with Crippen molar-refractivity contribution >= 4 is 34.8 Å². The van der Waals surface area contributed by atoms with Gasteiger partial charge < -0.3 is 9.80 Å². The second kappa shape index (κ2) is 6.89. The van der Waals surface area contributed by atoms with Crippen LogP contribution < -0.4 is 9.80 Å². The predicted octanol–water partition coefficient (Wildman–Crippen LogP) is 4.58. The standard InChI is InChI=1S/C20H21ClN2O2/c1-13-11-20(23(15(3)25)17-7-5-4-6-8-17)18-12-16(21)9-10-19(18)22(13)14(2)24/h4-10,12-13,20H,11H2,1-3H3/t13-,20-/m1/s1. The summed E-state index contributed by atoms with van der Waals surface area (Å²) in [4.78, 5) is 28.2. The Bertz CT molecular complexity index is 807. The Morgan fingerprint density at radius 3 is 2.40 bits per heavy atom. The molecule has 0 radical (unpaired) electrons. The third kappa shape index (κ3) is 3.27. The van der Waals surface area contributed by atoms with Crippen molar-refractivity contribution in [3.63, 3.8) is 0 Å². The first-order valence-electron chi connectivity index (χ1n) is 8.34. The number of anilines is 2. The number of amides is 2. The number of halogens is 1. The van der Waals surface area contributed by atoms with Gasteiger partial charge in [0.2, 0.25) is 11.8 Å². The maximum absolute atomic E-state index is 12.5. The fourth-order valence-corrected chi connectivity index (χ4v) is 3.88. The molecule has 4 nitrogen and oxygen atoms in total. The lowest BCUT2D eigenvalue weighted by Crippen LogP contribution is -2.46. The van der Waals surface area contributed by atoms with Gasteiger partial charge in [-0.3, -0.25) is 9.59 Å². The Balaban J connectivity index is 2.15. The number of hydrogen-bond acceptors (Lipinski definition) is 2. The van der Waals surface area contributed by atoms with Crippen LogP contribution in [0.15, 0.2) is 48.5 Å². The maximum Gasteiger partial charge on any atom is 0.224 e. The van der Waals surface area contributed by atoms with Gasteiger partial charge in [-0.25, -0.2) is 0 Å². The molecule has 2 amide bonds. The first kappa shape index (κ1) is 17.5. The molecule has 0 N–H and O–H groups in total. The molecule has 25 heavy (non-hydrogen) atoms. The summed E-state index contributed by atoms with van der Waals surface area (Å²) < 4.78 is 0. The average Bonchev–Trinajstić information content (AvgIpc) is 2.55. The highest BCUT2D eigenvalue weighted by atomic mass is 35.5. The predicted molar refractivity (Wildman–Crippen MR) is 101 cm³/mol. The molecule has 2 atom stereocenters. The Labute approximate surface area is 153 Å². The van der Waals surface area contributed by atoms with Crippen LogP contribution in [0.2, 0.25) is 5.02 Å². The molecule has 1 heterocycles. The Morgan fingerprint density at radius 1 is 1.12 bits per heavy atom. The molecule has 0 fully saturated rings. The number of benzene rings is 2. The zero-order chi connectivity index (χ0) is 18.1. The van der Waals surface area contributed by atoms with Gasteiger partial charge in [0, 0.05) is 41.9 Å². The van der Waals surface area contributed by atoms with Crippen molar-refractivity contribution < 1.29 is 9.59 Å². The summed E-state index contributed by atoms with van der Waals surface area (Å²) in [6.45, 7) is 5.14. The number of para-hydroxylation sites is 1. The lowest BCUT2D eigenvalue weighted by atomic mass is 9.90. The summed E-state index contributed by atoms with van der Waals surface area (Å²) in [5.41, 5.74) is 2.57. The van der Waals surface area contributed by atoms with Crippen LogP contribution in [0, 0.1) is 0 Å². The van der Waals surface area contributed by atoms with Crippen LogP contribution in [-0.2, 0) is 9.59 Å². The van der Waals surface area contributed by atoms with Gasteiger partial charge in [-0.05, 0) is 43.7 Å². The topological polar surface area (TPSA) is 40.6 Å². The Morgan fingerprint density at radius 2 is 1.80 bits per heavy atom. The van der Waals surface area contributed by atoms with Crippen molar-refractivity contribution in [1.82, 2.24) is 0 Å². The summed E-state index contributed by atoms with van der Waals surface area (Å²) in [7, 11) is 0. The van der Waals surface area contributed by atoms with Gasteiger partial charge >= 0.3 is 0 Å². The van der Waals surface area contributed by atoms with Gasteiger partial charge in [-0.1, -0.05) is 29.8 Å². The number of nitrogens with zero attached hydrogens (tertiary/aromatic N) is 2. The number of hydrogen-bond donors (Lipinski definition) is 0. The lowest BCUT2D eigenvalue weighted by Gasteiger charge is -2.43. The Hall–Kier alpha value is -2.33. The molecule has 0 saturated carbocycles. The van der Waals surface area contributed by atoms with Crippen LogP contribution >= 0.6 is 11.6 Å². The highest BCUT2D eigenvalue weighted by Crippen LogP contribution is 2.43. The van der Waals surface area contributed by atoms with Crippen molar-refractivity contribution in [2.45, 2.75) is 39.3 Å². The van der Waals surface area contributed by atoms with Crippen LogP contribution in [0.5, 0.6) is 0 Å². The number of fused-ring (bicyclic) bond motifs is 1. The summed E-state index contributed by atoms with van der Waals surface area (Å²) in [5, 5.41) is 0.596. The number of rotatable bonds is 2. The Kier molecular flexibility index (Phi) is 4.82. The molecule has 130 valence electrons. The van der Waals surface area contributed by atoms with E-state index in [4.69, 9.17) is 11.6 Å². The fraction of sp³-hybridized carbons (Fsp3) is 0.300. The molecule has 0 bridgehead atoms. The molecule has 1 aliphatic rings. The third-order valence-electron chi connectivity index (χ3n) is 4.64. The van der Waals surface area contributed by atoms with Gasteiger partial charge in [-0.2, -0.15) is 0 Å². The van der Waals surface area contributed by atoms with Crippen LogP contribution in [0.25, 0.3) is 0 Å². The van der Waals surface area contributed by atoms with Crippen LogP contribution in [0.1, 0.15) is 38.8 Å². The number of carbonyl (C=O) groups is 2. The van der Waals surface area contributed by atoms with Crippen molar-refractivity contribution in [1.29, 1.82) is 0 Å². The molecule has 1 aliphatic heterocycles. The summed E-state index contributed by atoms with van der Waals surface area (Å²) in [6.07, 6.45) is 0.654. The molecule has 5 heteroatoms. The van der Waals surface area contributed by atoms with E-state index in [9.17, 15) is 9.59 Å². The first-order valence-corrected chi connectivity index (χ1v) is 8.72. The maximum atomic E-state index is 12.5. The highest BCUT2D eigenvalue weighted by Gasteiger charge is 2.37. The van der Waals surface area contributed by atoms with Crippen LogP contribution in [0.4, 0.5) is 11.4 Å². The highest BCUT2D eigenvalue weighted by molar-refractivity contribution is 6.30. The molecule has 0 aliphatic carbocycles. The fourth-order valence-electron chi connectivity index (χ4n) is 3.70. The van der Waals surface area contributed by atoms with Crippen molar-refractivity contribution in [3.8, 4) is 0 Å². The van der Waals surface area contributed by atoms with Gasteiger partial charge in [0.15, 0.2) is 0 Å². The quantitative estimate of drug-likeness (QED) is 0.790. The zero-order valence-corrected chi connectivity index (χ0v) is 15.3. The minimum Gasteiger partial charge on any atom is -0.309 e. The van der Waals surface area contributed by atoms with Crippen molar-refractivity contribution in [2.24, 2.45) is 0 Å². The SMILES string of the molecule is CC(=O)N1c2ccc(Cl)cc2[C@H](N(C(C)=O)c2ccccc2)C[C@H]1C. The van der Waals surface area contributed by atoms with E-state index < -0.39 is 0 Å². The van der Waals surface area contributed by atoms with Gasteiger partial charge in [0.1, 0.15) is 0 Å². The molecule has 2 aromatic carbocycles. The smallest absolute Gasteiger partial charge is 0.224 e. The van der Waals surface area contributed by atoms with Gasteiger partial charge in [0.05, 0.1) is 6.04 Å². The minimum atomic E-state index is -0.167.